The highest BCUT2D eigenvalue weighted by Gasteiger charge is 2.20. The molecule has 20 heavy (non-hydrogen) atoms. The third-order valence-corrected chi connectivity index (χ3v) is 3.63. The number of nitrogens with two attached hydrogens (primary N) is 1. The Labute approximate surface area is 118 Å². The molecule has 1 aromatic rings. The number of hydrogen-bond acceptors (Lipinski definition) is 5. The highest BCUT2D eigenvalue weighted by Crippen LogP contribution is 2.23. The van der Waals surface area contributed by atoms with E-state index in [2.05, 4.69) is 0 Å². The van der Waals surface area contributed by atoms with E-state index in [-0.39, 0.29) is 22.3 Å². The van der Waals surface area contributed by atoms with Crippen LogP contribution >= 0.6 is 0 Å². The number of carbonyl (C=O) groups is 1. The second-order valence-corrected chi connectivity index (χ2v) is 5.97. The molecule has 7 heteroatoms. The lowest BCUT2D eigenvalue weighted by molar-refractivity contribution is 0.0319. The van der Waals surface area contributed by atoms with Gasteiger partial charge in [-0.3, -0.25) is 0 Å². The Morgan fingerprint density at radius 1 is 1.40 bits per heavy atom. The van der Waals surface area contributed by atoms with Crippen LogP contribution in [0.3, 0.4) is 0 Å². The summed E-state index contributed by atoms with van der Waals surface area (Å²) in [5.74, 6) is -0.389. The molecular weight excluding hydrogens is 282 g/mol. The zero-order valence-electron chi connectivity index (χ0n) is 11.8. The van der Waals surface area contributed by atoms with Crippen LogP contribution in [0.5, 0.6) is 5.75 Å². The van der Waals surface area contributed by atoms with Crippen LogP contribution in [0.4, 0.5) is 0 Å². The summed E-state index contributed by atoms with van der Waals surface area (Å²) in [7, 11) is -2.50. The smallest absolute Gasteiger partial charge is 0.342 e. The number of benzene rings is 1. The average molecular weight is 301 g/mol. The van der Waals surface area contributed by atoms with Gasteiger partial charge in [0.25, 0.3) is 0 Å². The topological polar surface area (TPSA) is 95.7 Å². The molecule has 0 aliphatic rings. The summed E-state index contributed by atoms with van der Waals surface area (Å²) >= 11 is 0. The van der Waals surface area contributed by atoms with Crippen LogP contribution in [0.1, 0.15) is 37.0 Å². The number of carbonyl (C=O) groups excluding carboxylic acids is 1. The number of primary sulfonamides is 1. The van der Waals surface area contributed by atoms with Crippen LogP contribution in [0, 0.1) is 0 Å². The first-order valence-corrected chi connectivity index (χ1v) is 7.76. The van der Waals surface area contributed by atoms with Gasteiger partial charge in [0.1, 0.15) is 11.3 Å². The third kappa shape index (κ3) is 4.21. The van der Waals surface area contributed by atoms with Crippen LogP contribution in [0.15, 0.2) is 23.1 Å². The fourth-order valence-electron chi connectivity index (χ4n) is 1.74. The molecule has 1 unspecified atom stereocenters. The maximum atomic E-state index is 12.1. The molecule has 0 heterocycles. The van der Waals surface area contributed by atoms with Crippen molar-refractivity contribution in [1.82, 2.24) is 0 Å². The molecular formula is C13H19NO5S. The van der Waals surface area contributed by atoms with Gasteiger partial charge in [0, 0.05) is 0 Å². The zero-order valence-corrected chi connectivity index (χ0v) is 12.6. The maximum Gasteiger partial charge on any atom is 0.342 e. The number of ether oxygens (including phenoxy) is 2. The van der Waals surface area contributed by atoms with Crippen molar-refractivity contribution in [3.05, 3.63) is 23.8 Å². The highest BCUT2D eigenvalue weighted by molar-refractivity contribution is 7.89. The van der Waals surface area contributed by atoms with Gasteiger partial charge in [-0.05, 0) is 31.5 Å². The lowest BCUT2D eigenvalue weighted by Gasteiger charge is -2.14. The van der Waals surface area contributed by atoms with Crippen LogP contribution < -0.4 is 9.88 Å². The van der Waals surface area contributed by atoms with E-state index in [0.717, 1.165) is 18.9 Å². The fourth-order valence-corrected chi connectivity index (χ4v) is 2.28. The van der Waals surface area contributed by atoms with Crippen molar-refractivity contribution in [2.75, 3.05) is 7.11 Å². The molecule has 0 fully saturated rings. The Kier molecular flexibility index (Phi) is 5.52. The molecule has 0 saturated heterocycles. The average Bonchev–Trinajstić information content (AvgIpc) is 2.37. The number of hydrogen-bond donors (Lipinski definition) is 1. The molecule has 0 aliphatic heterocycles. The molecule has 1 atom stereocenters. The standard InChI is InChI=1S/C13H19NO5S/c1-4-5-9(2)19-13(15)11-8-10(20(14,16)17)6-7-12(11)18-3/h6-9H,4-5H2,1-3H3,(H2,14,16,17). The van der Waals surface area contributed by atoms with Crippen molar-refractivity contribution in [3.8, 4) is 5.75 Å². The molecule has 0 spiro atoms. The molecule has 0 radical (unpaired) electrons. The van der Waals surface area contributed by atoms with Gasteiger partial charge in [0.05, 0.1) is 18.1 Å². The van der Waals surface area contributed by atoms with Gasteiger partial charge in [0.15, 0.2) is 0 Å². The Bertz CT molecular complexity index is 582. The maximum absolute atomic E-state index is 12.1. The first-order valence-electron chi connectivity index (χ1n) is 6.21. The van der Waals surface area contributed by atoms with E-state index in [0.29, 0.717) is 0 Å². The fraction of sp³-hybridized carbons (Fsp3) is 0.462. The Hall–Kier alpha value is -1.60. The van der Waals surface area contributed by atoms with Gasteiger partial charge in [-0.2, -0.15) is 0 Å². The van der Waals surface area contributed by atoms with Crippen LogP contribution in [-0.2, 0) is 14.8 Å². The molecule has 1 rings (SSSR count). The van der Waals surface area contributed by atoms with E-state index in [1.54, 1.807) is 6.92 Å². The number of sulfonamides is 1. The second kappa shape index (κ2) is 6.71. The van der Waals surface area contributed by atoms with E-state index < -0.39 is 16.0 Å². The molecule has 0 bridgehead atoms. The summed E-state index contributed by atoms with van der Waals surface area (Å²) in [5, 5.41) is 5.05. The molecule has 1 aromatic carbocycles. The van der Waals surface area contributed by atoms with Crippen molar-refractivity contribution >= 4 is 16.0 Å². The second-order valence-electron chi connectivity index (χ2n) is 4.41. The molecule has 112 valence electrons. The largest absolute Gasteiger partial charge is 0.496 e. The molecule has 0 saturated carbocycles. The summed E-state index contributed by atoms with van der Waals surface area (Å²) < 4.78 is 32.9. The lowest BCUT2D eigenvalue weighted by atomic mass is 10.2. The van der Waals surface area contributed by atoms with Crippen molar-refractivity contribution in [1.29, 1.82) is 0 Å². The quantitative estimate of drug-likeness (QED) is 0.807. The van der Waals surface area contributed by atoms with Crippen molar-refractivity contribution in [2.24, 2.45) is 5.14 Å². The Morgan fingerprint density at radius 3 is 2.55 bits per heavy atom. The van der Waals surface area contributed by atoms with Gasteiger partial charge in [-0.1, -0.05) is 13.3 Å². The molecule has 6 nitrogen and oxygen atoms in total. The van der Waals surface area contributed by atoms with E-state index in [4.69, 9.17) is 14.6 Å². The van der Waals surface area contributed by atoms with E-state index in [1.807, 2.05) is 6.92 Å². The van der Waals surface area contributed by atoms with Crippen molar-refractivity contribution in [3.63, 3.8) is 0 Å². The van der Waals surface area contributed by atoms with Gasteiger partial charge < -0.3 is 9.47 Å². The minimum Gasteiger partial charge on any atom is -0.496 e. The summed E-state index contributed by atoms with van der Waals surface area (Å²) in [6.45, 7) is 3.75. The number of esters is 1. The SMILES string of the molecule is CCCC(C)OC(=O)c1cc(S(N)(=O)=O)ccc1OC. The number of methoxy groups -OCH3 is 1. The van der Waals surface area contributed by atoms with Gasteiger partial charge in [-0.15, -0.1) is 0 Å². The van der Waals surface area contributed by atoms with Crippen LogP contribution in [0.2, 0.25) is 0 Å². The highest BCUT2D eigenvalue weighted by atomic mass is 32.2. The predicted octanol–water partition coefficient (Wildman–Crippen LogP) is 1.69. The zero-order chi connectivity index (χ0) is 15.3. The minimum atomic E-state index is -3.89. The Morgan fingerprint density at radius 2 is 2.05 bits per heavy atom. The first-order chi connectivity index (χ1) is 9.29. The number of rotatable bonds is 6. The monoisotopic (exact) mass is 301 g/mol. The molecule has 0 amide bonds. The molecule has 0 aromatic heterocycles. The predicted molar refractivity (Wildman–Crippen MR) is 74.2 cm³/mol. The van der Waals surface area contributed by atoms with E-state index >= 15 is 0 Å². The lowest BCUT2D eigenvalue weighted by Crippen LogP contribution is -2.17. The normalized spacial score (nSPS) is 12.8. The van der Waals surface area contributed by atoms with Gasteiger partial charge in [0.2, 0.25) is 10.0 Å². The molecule has 2 N–H and O–H groups in total. The van der Waals surface area contributed by atoms with Crippen molar-refractivity contribution in [2.45, 2.75) is 37.7 Å². The van der Waals surface area contributed by atoms with Gasteiger partial charge >= 0.3 is 5.97 Å². The summed E-state index contributed by atoms with van der Waals surface area (Å²) in [4.78, 5) is 11.9. The van der Waals surface area contributed by atoms with Gasteiger partial charge in [-0.25, -0.2) is 18.4 Å². The van der Waals surface area contributed by atoms with Crippen LogP contribution in [0.25, 0.3) is 0 Å². The first kappa shape index (κ1) is 16.5. The molecule has 0 aliphatic carbocycles. The van der Waals surface area contributed by atoms with E-state index in [9.17, 15) is 13.2 Å². The summed E-state index contributed by atoms with van der Waals surface area (Å²) in [5.41, 5.74) is 0.0435. The summed E-state index contributed by atoms with van der Waals surface area (Å²) in [6.07, 6.45) is 1.35. The third-order valence-electron chi connectivity index (χ3n) is 2.72. The Balaban J connectivity index is 3.11. The van der Waals surface area contributed by atoms with Crippen LogP contribution in [-0.4, -0.2) is 27.6 Å². The summed E-state index contributed by atoms with van der Waals surface area (Å²) in [6, 6.07) is 3.82. The minimum absolute atomic E-state index is 0.0435. The van der Waals surface area contributed by atoms with Crippen molar-refractivity contribution < 1.29 is 22.7 Å². The van der Waals surface area contributed by atoms with E-state index in [1.165, 1.54) is 19.2 Å².